The Hall–Kier alpha value is -2.14. The van der Waals surface area contributed by atoms with E-state index in [-0.39, 0.29) is 11.4 Å². The van der Waals surface area contributed by atoms with Gasteiger partial charge in [-0.15, -0.1) is 0 Å². The van der Waals surface area contributed by atoms with E-state index in [0.717, 1.165) is 24.3 Å². The first kappa shape index (κ1) is 16.2. The molecule has 0 saturated carbocycles. The summed E-state index contributed by atoms with van der Waals surface area (Å²) in [4.78, 5) is -0.831. The molecule has 8 nitrogen and oxygen atoms in total. The quantitative estimate of drug-likeness (QED) is 0.615. The third-order valence-electron chi connectivity index (χ3n) is 2.51. The molecule has 0 unspecified atom stereocenters. The molecule has 10 heteroatoms. The highest BCUT2D eigenvalue weighted by Gasteiger charge is 2.02. The van der Waals surface area contributed by atoms with Crippen LogP contribution in [-0.2, 0) is 20.2 Å². The summed E-state index contributed by atoms with van der Waals surface area (Å²) in [6.07, 6.45) is 0. The van der Waals surface area contributed by atoms with Crippen molar-refractivity contribution in [2.75, 3.05) is 0 Å². The molecule has 2 aromatic carbocycles. The second-order valence-electron chi connectivity index (χ2n) is 4.10. The minimum absolute atomic E-state index is 0.137. The molecule has 0 aliphatic heterocycles. The first-order chi connectivity index (χ1) is 10.2. The maximum Gasteiger partial charge on any atom is 0.124 e. The van der Waals surface area contributed by atoms with Crippen molar-refractivity contribution < 1.29 is 25.9 Å². The Bertz CT molecular complexity index is 918. The average Bonchev–Trinajstić information content (AvgIpc) is 2.44. The van der Waals surface area contributed by atoms with Gasteiger partial charge in [0.15, 0.2) is 0 Å². The predicted molar refractivity (Wildman–Crippen MR) is 73.0 cm³/mol. The van der Waals surface area contributed by atoms with Crippen LogP contribution in [-0.4, -0.2) is 25.9 Å². The van der Waals surface area contributed by atoms with Crippen LogP contribution < -0.4 is 0 Å². The van der Waals surface area contributed by atoms with E-state index in [4.69, 9.17) is 0 Å². The summed E-state index contributed by atoms with van der Waals surface area (Å²) < 4.78 is 64.9. The molecule has 116 valence electrons. The van der Waals surface area contributed by atoms with Gasteiger partial charge in [0.1, 0.15) is 20.2 Å². The normalized spacial score (nSPS) is 12.6. The Morgan fingerprint density at radius 2 is 1.23 bits per heavy atom. The van der Waals surface area contributed by atoms with Gasteiger partial charge in [0.2, 0.25) is 0 Å². The van der Waals surface area contributed by atoms with Crippen LogP contribution in [0, 0.1) is 0 Å². The Kier molecular flexibility index (Phi) is 4.37. The molecular weight excluding hydrogens is 332 g/mol. The highest BCUT2D eigenvalue weighted by molar-refractivity contribution is 7.86. The molecule has 0 aliphatic carbocycles. The standard InChI is InChI=1S/C12H10N2O6S2/c15-21(16,17)11-6-4-9(5-7-11)13-14-10-2-1-3-12(8-10)22(18,19)20/h1-8H,(H,15,16,17)(H,18,19,20)/p-2. The van der Waals surface area contributed by atoms with Gasteiger partial charge in [-0.3, -0.25) is 0 Å². The van der Waals surface area contributed by atoms with E-state index in [1.54, 1.807) is 0 Å². The molecule has 0 saturated heterocycles. The summed E-state index contributed by atoms with van der Waals surface area (Å²) in [7, 11) is -9.12. The molecule has 0 aromatic heterocycles. The van der Waals surface area contributed by atoms with Gasteiger partial charge in [0.05, 0.1) is 21.2 Å². The van der Waals surface area contributed by atoms with Crippen LogP contribution in [0.5, 0.6) is 0 Å². The Labute approximate surface area is 126 Å². The van der Waals surface area contributed by atoms with E-state index < -0.39 is 30.0 Å². The first-order valence-electron chi connectivity index (χ1n) is 5.70. The number of rotatable bonds is 4. The molecule has 0 spiro atoms. The molecule has 0 aliphatic rings. The van der Waals surface area contributed by atoms with E-state index in [0.29, 0.717) is 0 Å². The second-order valence-corrected chi connectivity index (χ2v) is 6.86. The number of azo groups is 1. The smallest absolute Gasteiger partial charge is 0.124 e. The van der Waals surface area contributed by atoms with Gasteiger partial charge in [0, 0.05) is 0 Å². The molecule has 0 atom stereocenters. The fraction of sp³-hybridized carbons (Fsp3) is 0. The summed E-state index contributed by atoms with van der Waals surface area (Å²) in [5, 5.41) is 7.49. The van der Waals surface area contributed by atoms with Gasteiger partial charge >= 0.3 is 0 Å². The zero-order valence-electron chi connectivity index (χ0n) is 10.8. The zero-order valence-corrected chi connectivity index (χ0v) is 12.4. The Morgan fingerprint density at radius 1 is 0.682 bits per heavy atom. The van der Waals surface area contributed by atoms with Crippen LogP contribution in [0.3, 0.4) is 0 Å². The lowest BCUT2D eigenvalue weighted by Crippen LogP contribution is -1.97. The van der Waals surface area contributed by atoms with Crippen molar-refractivity contribution >= 4 is 31.6 Å². The maximum atomic E-state index is 10.9. The van der Waals surface area contributed by atoms with Crippen LogP contribution in [0.15, 0.2) is 68.6 Å². The van der Waals surface area contributed by atoms with E-state index in [9.17, 15) is 25.9 Å². The van der Waals surface area contributed by atoms with Gasteiger partial charge in [0.25, 0.3) is 0 Å². The summed E-state index contributed by atoms with van der Waals surface area (Å²) in [6.45, 7) is 0. The minimum atomic E-state index is -4.58. The zero-order chi connectivity index (χ0) is 16.4. The van der Waals surface area contributed by atoms with Crippen LogP contribution >= 0.6 is 0 Å². The van der Waals surface area contributed by atoms with Crippen molar-refractivity contribution in [1.82, 2.24) is 0 Å². The van der Waals surface area contributed by atoms with Crippen molar-refractivity contribution in [2.24, 2.45) is 10.2 Å². The Balaban J connectivity index is 2.26. The lowest BCUT2D eigenvalue weighted by atomic mass is 10.3. The molecular formula is C12H8N2O6S2-2. The lowest BCUT2D eigenvalue weighted by molar-refractivity contribution is 0.461. The van der Waals surface area contributed by atoms with E-state index >= 15 is 0 Å². The van der Waals surface area contributed by atoms with E-state index in [1.165, 1.54) is 24.3 Å². The molecule has 0 radical (unpaired) electrons. The van der Waals surface area contributed by atoms with Crippen LogP contribution in [0.25, 0.3) is 0 Å². The van der Waals surface area contributed by atoms with Gasteiger partial charge in [-0.25, -0.2) is 16.8 Å². The van der Waals surface area contributed by atoms with Crippen molar-refractivity contribution in [2.45, 2.75) is 9.79 Å². The highest BCUT2D eigenvalue weighted by atomic mass is 32.2. The molecule has 0 heterocycles. The van der Waals surface area contributed by atoms with Crippen molar-refractivity contribution in [3.05, 3.63) is 48.5 Å². The summed E-state index contributed by atoms with van der Waals surface area (Å²) >= 11 is 0. The lowest BCUT2D eigenvalue weighted by Gasteiger charge is -2.06. The van der Waals surface area contributed by atoms with Crippen LogP contribution in [0.2, 0.25) is 0 Å². The average molecular weight is 340 g/mol. The molecule has 0 amide bonds. The minimum Gasteiger partial charge on any atom is -0.744 e. The largest absolute Gasteiger partial charge is 0.744 e. The molecule has 0 N–H and O–H groups in total. The van der Waals surface area contributed by atoms with Crippen molar-refractivity contribution in [1.29, 1.82) is 0 Å². The molecule has 2 rings (SSSR count). The highest BCUT2D eigenvalue weighted by Crippen LogP contribution is 2.22. The fourth-order valence-corrected chi connectivity index (χ4v) is 2.48. The van der Waals surface area contributed by atoms with E-state index in [2.05, 4.69) is 10.2 Å². The van der Waals surface area contributed by atoms with Gasteiger partial charge in [-0.1, -0.05) is 6.07 Å². The van der Waals surface area contributed by atoms with Crippen LogP contribution in [0.1, 0.15) is 0 Å². The second kappa shape index (κ2) is 5.93. The summed E-state index contributed by atoms with van der Waals surface area (Å²) in [5.74, 6) is 0. The van der Waals surface area contributed by atoms with Gasteiger partial charge in [-0.2, -0.15) is 10.2 Å². The number of hydrogen-bond acceptors (Lipinski definition) is 8. The summed E-state index contributed by atoms with van der Waals surface area (Å²) in [6, 6.07) is 9.66. The fourth-order valence-electron chi connectivity index (χ4n) is 1.50. The molecule has 2 aromatic rings. The van der Waals surface area contributed by atoms with Crippen LogP contribution in [0.4, 0.5) is 11.4 Å². The number of hydrogen-bond donors (Lipinski definition) is 0. The van der Waals surface area contributed by atoms with Gasteiger partial charge in [-0.05, 0) is 42.5 Å². The van der Waals surface area contributed by atoms with E-state index in [1.807, 2.05) is 0 Å². The molecule has 0 bridgehead atoms. The number of nitrogens with zero attached hydrogens (tertiary/aromatic N) is 2. The SMILES string of the molecule is O=S(=O)([O-])c1ccc(N=Nc2cccc(S(=O)(=O)[O-])c2)cc1. The maximum absolute atomic E-state index is 10.9. The first-order valence-corrected chi connectivity index (χ1v) is 8.51. The topological polar surface area (TPSA) is 139 Å². The third-order valence-corrected chi connectivity index (χ3v) is 4.19. The Morgan fingerprint density at radius 3 is 1.77 bits per heavy atom. The molecule has 22 heavy (non-hydrogen) atoms. The van der Waals surface area contributed by atoms with Crippen molar-refractivity contribution in [3.8, 4) is 0 Å². The molecule has 0 fully saturated rings. The number of benzene rings is 2. The predicted octanol–water partition coefficient (Wildman–Crippen LogP) is 1.91. The third kappa shape index (κ3) is 4.18. The monoisotopic (exact) mass is 340 g/mol. The van der Waals surface area contributed by atoms with Gasteiger partial charge < -0.3 is 9.11 Å². The summed E-state index contributed by atoms with van der Waals surface area (Å²) in [5.41, 5.74) is 0.389. The van der Waals surface area contributed by atoms with Crippen molar-refractivity contribution in [3.63, 3.8) is 0 Å².